The fraction of sp³-hybridized carbons (Fsp3) is 0.421. The van der Waals surface area contributed by atoms with Gasteiger partial charge in [0.1, 0.15) is 5.75 Å². The Labute approximate surface area is 169 Å². The van der Waals surface area contributed by atoms with Crippen LogP contribution < -0.4 is 15.6 Å². The number of alkyl halides is 3. The first kappa shape index (κ1) is 21.2. The van der Waals surface area contributed by atoms with E-state index in [1.807, 2.05) is 0 Å². The summed E-state index contributed by atoms with van der Waals surface area (Å²) in [6.07, 6.45) is -0.455. The molecule has 29 heavy (non-hydrogen) atoms. The van der Waals surface area contributed by atoms with Crippen molar-refractivity contribution in [2.45, 2.75) is 43.6 Å². The van der Waals surface area contributed by atoms with Crippen LogP contribution in [0.1, 0.15) is 40.9 Å². The summed E-state index contributed by atoms with van der Waals surface area (Å²) in [6, 6.07) is 4.73. The van der Waals surface area contributed by atoms with Gasteiger partial charge in [0, 0.05) is 23.4 Å². The number of nitrogens with one attached hydrogen (secondary N) is 2. The highest BCUT2D eigenvalue weighted by atomic mass is 32.2. The Morgan fingerprint density at radius 3 is 2.66 bits per heavy atom. The van der Waals surface area contributed by atoms with Crippen molar-refractivity contribution < 1.29 is 22.7 Å². The number of rotatable bonds is 7. The molecule has 0 saturated heterocycles. The highest BCUT2D eigenvalue weighted by Gasteiger charge is 2.31. The molecule has 6 nitrogen and oxygen atoms in total. The molecular formula is C19H20F3N3O3S. The normalized spacial score (nSPS) is 13.6. The van der Waals surface area contributed by atoms with Gasteiger partial charge in [-0.25, -0.2) is 4.98 Å². The third-order valence-electron chi connectivity index (χ3n) is 4.37. The van der Waals surface area contributed by atoms with Gasteiger partial charge in [0.25, 0.3) is 11.5 Å². The third-order valence-corrected chi connectivity index (χ3v) is 5.32. The molecule has 0 fully saturated rings. The van der Waals surface area contributed by atoms with Gasteiger partial charge in [-0.15, -0.1) is 13.2 Å². The molecule has 0 spiro atoms. The quantitative estimate of drug-likeness (QED) is 0.402. The van der Waals surface area contributed by atoms with E-state index in [4.69, 9.17) is 0 Å². The molecule has 1 amide bonds. The maximum atomic E-state index is 12.1. The Hall–Kier alpha value is -2.49. The second kappa shape index (κ2) is 9.34. The van der Waals surface area contributed by atoms with E-state index in [2.05, 4.69) is 20.0 Å². The van der Waals surface area contributed by atoms with Crippen molar-refractivity contribution in [2.75, 3.05) is 12.3 Å². The van der Waals surface area contributed by atoms with Crippen LogP contribution in [0.2, 0.25) is 0 Å². The molecule has 1 aromatic heterocycles. The smallest absolute Gasteiger partial charge is 0.406 e. The van der Waals surface area contributed by atoms with Crippen LogP contribution in [0, 0.1) is 0 Å². The van der Waals surface area contributed by atoms with Crippen LogP contribution in [0.5, 0.6) is 5.75 Å². The lowest BCUT2D eigenvalue weighted by Gasteiger charge is -2.14. The van der Waals surface area contributed by atoms with Crippen LogP contribution >= 0.6 is 11.8 Å². The molecule has 3 rings (SSSR count). The summed E-state index contributed by atoms with van der Waals surface area (Å²) in [7, 11) is 0. The van der Waals surface area contributed by atoms with Crippen LogP contribution in [0.25, 0.3) is 0 Å². The fourth-order valence-corrected chi connectivity index (χ4v) is 3.82. The van der Waals surface area contributed by atoms with E-state index < -0.39 is 6.36 Å². The number of aromatic nitrogens is 2. The molecule has 1 aliphatic carbocycles. The number of hydrogen-bond acceptors (Lipinski definition) is 5. The Kier molecular flexibility index (Phi) is 6.83. The molecule has 2 N–H and O–H groups in total. The van der Waals surface area contributed by atoms with Crippen molar-refractivity contribution in [1.29, 1.82) is 0 Å². The van der Waals surface area contributed by atoms with Crippen LogP contribution in [-0.4, -0.2) is 34.5 Å². The molecule has 0 aliphatic heterocycles. The zero-order chi connectivity index (χ0) is 20.9. The van der Waals surface area contributed by atoms with Crippen LogP contribution in [0.15, 0.2) is 34.2 Å². The number of amides is 1. The minimum atomic E-state index is -4.77. The monoisotopic (exact) mass is 427 g/mol. The Morgan fingerprint density at radius 2 is 1.93 bits per heavy atom. The minimum Gasteiger partial charge on any atom is -0.406 e. The molecule has 0 atom stereocenters. The van der Waals surface area contributed by atoms with Gasteiger partial charge in [0.2, 0.25) is 0 Å². The third kappa shape index (κ3) is 6.25. The van der Waals surface area contributed by atoms with Crippen molar-refractivity contribution in [3.05, 3.63) is 51.4 Å². The van der Waals surface area contributed by atoms with E-state index in [1.54, 1.807) is 0 Å². The van der Waals surface area contributed by atoms with Gasteiger partial charge >= 0.3 is 6.36 Å². The SMILES string of the molecule is O=C(NCCCSc1nc2c(c(=O)[nH]1)CCCC2)c1ccc(OC(F)(F)F)cc1. The number of halogens is 3. The number of carbonyl (C=O) groups is 1. The highest BCUT2D eigenvalue weighted by molar-refractivity contribution is 7.99. The maximum absolute atomic E-state index is 12.1. The molecule has 10 heteroatoms. The van der Waals surface area contributed by atoms with Gasteiger partial charge in [-0.1, -0.05) is 11.8 Å². The maximum Gasteiger partial charge on any atom is 0.573 e. The summed E-state index contributed by atoms with van der Waals surface area (Å²) < 4.78 is 40.2. The topological polar surface area (TPSA) is 84.1 Å². The number of aromatic amines is 1. The summed E-state index contributed by atoms with van der Waals surface area (Å²) in [6.45, 7) is 0.391. The summed E-state index contributed by atoms with van der Waals surface area (Å²) in [5.74, 6) is -0.105. The molecular weight excluding hydrogens is 407 g/mol. The second-order valence-electron chi connectivity index (χ2n) is 6.53. The summed E-state index contributed by atoms with van der Waals surface area (Å²) in [5.41, 5.74) is 1.85. The zero-order valence-corrected chi connectivity index (χ0v) is 16.3. The van der Waals surface area contributed by atoms with Gasteiger partial charge in [-0.2, -0.15) is 0 Å². The molecule has 0 unspecified atom stereocenters. The summed E-state index contributed by atoms with van der Waals surface area (Å²) in [4.78, 5) is 31.4. The number of nitrogens with zero attached hydrogens (tertiary/aromatic N) is 1. The number of aryl methyl sites for hydroxylation is 1. The molecule has 0 radical (unpaired) electrons. The van der Waals surface area contributed by atoms with Crippen molar-refractivity contribution in [3.63, 3.8) is 0 Å². The van der Waals surface area contributed by atoms with Crippen LogP contribution in [0.3, 0.4) is 0 Å². The van der Waals surface area contributed by atoms with Gasteiger partial charge in [0.15, 0.2) is 5.16 Å². The first-order chi connectivity index (χ1) is 13.8. The Bertz CT molecular complexity index is 914. The van der Waals surface area contributed by atoms with Crippen LogP contribution in [0.4, 0.5) is 13.2 Å². The van der Waals surface area contributed by atoms with E-state index in [9.17, 15) is 22.8 Å². The highest BCUT2D eigenvalue weighted by Crippen LogP contribution is 2.23. The standard InChI is InChI=1S/C19H20F3N3O3S/c20-19(21,22)28-13-8-6-12(7-9-13)16(26)23-10-3-11-29-18-24-15-5-2-1-4-14(15)17(27)25-18/h6-9H,1-5,10-11H2,(H,23,26)(H,24,25,27). The number of ether oxygens (including phenoxy) is 1. The second-order valence-corrected chi connectivity index (χ2v) is 7.62. The van der Waals surface area contributed by atoms with Crippen molar-refractivity contribution >= 4 is 17.7 Å². The summed E-state index contributed by atoms with van der Waals surface area (Å²) in [5, 5.41) is 3.29. The first-order valence-electron chi connectivity index (χ1n) is 9.21. The number of carbonyl (C=O) groups excluding carboxylic acids is 1. The molecule has 2 aromatic rings. The van der Waals surface area contributed by atoms with E-state index in [0.717, 1.165) is 49.1 Å². The average Bonchev–Trinajstić information content (AvgIpc) is 2.67. The molecule has 0 bridgehead atoms. The lowest BCUT2D eigenvalue weighted by Crippen LogP contribution is -2.25. The first-order valence-corrected chi connectivity index (χ1v) is 10.2. The average molecular weight is 427 g/mol. The lowest BCUT2D eigenvalue weighted by molar-refractivity contribution is -0.274. The van der Waals surface area contributed by atoms with E-state index >= 15 is 0 Å². The zero-order valence-electron chi connectivity index (χ0n) is 15.5. The Balaban J connectivity index is 1.42. The van der Waals surface area contributed by atoms with E-state index in [1.165, 1.54) is 23.9 Å². The minimum absolute atomic E-state index is 0.0662. The van der Waals surface area contributed by atoms with E-state index in [0.29, 0.717) is 23.9 Å². The Morgan fingerprint density at radius 1 is 1.21 bits per heavy atom. The number of fused-ring (bicyclic) bond motifs is 1. The van der Waals surface area contributed by atoms with Gasteiger partial charge in [0.05, 0.1) is 5.69 Å². The predicted molar refractivity (Wildman–Crippen MR) is 102 cm³/mol. The number of hydrogen-bond donors (Lipinski definition) is 2. The van der Waals surface area contributed by atoms with Crippen molar-refractivity contribution in [3.8, 4) is 5.75 Å². The summed E-state index contributed by atoms with van der Waals surface area (Å²) >= 11 is 1.42. The molecule has 156 valence electrons. The number of benzene rings is 1. The van der Waals surface area contributed by atoms with Crippen LogP contribution in [-0.2, 0) is 12.8 Å². The van der Waals surface area contributed by atoms with Crippen molar-refractivity contribution in [1.82, 2.24) is 15.3 Å². The van der Waals surface area contributed by atoms with Gasteiger partial charge in [-0.3, -0.25) is 9.59 Å². The molecule has 0 saturated carbocycles. The van der Waals surface area contributed by atoms with E-state index in [-0.39, 0.29) is 22.8 Å². The lowest BCUT2D eigenvalue weighted by atomic mass is 9.97. The fourth-order valence-electron chi connectivity index (χ4n) is 3.00. The molecule has 1 heterocycles. The van der Waals surface area contributed by atoms with Gasteiger partial charge < -0.3 is 15.0 Å². The predicted octanol–water partition coefficient (Wildman–Crippen LogP) is 3.46. The number of thioether (sulfide) groups is 1. The van der Waals surface area contributed by atoms with Crippen molar-refractivity contribution in [2.24, 2.45) is 0 Å². The number of H-pyrrole nitrogens is 1. The molecule has 1 aliphatic rings. The molecule has 1 aromatic carbocycles. The van der Waals surface area contributed by atoms with Gasteiger partial charge in [-0.05, 0) is 56.4 Å². The largest absolute Gasteiger partial charge is 0.573 e.